The molecule has 112 valence electrons. The molecule has 1 heterocycles. The molecule has 2 N–H and O–H groups in total. The van der Waals surface area contributed by atoms with Crippen molar-refractivity contribution >= 4 is 0 Å². The zero-order valence-electron chi connectivity index (χ0n) is 13.5. The van der Waals surface area contributed by atoms with Crippen LogP contribution in [-0.4, -0.2) is 24.5 Å². The fraction of sp³-hybridized carbons (Fsp3) is 0.667. The Kier molecular flexibility index (Phi) is 4.87. The first kappa shape index (κ1) is 15.5. The molecule has 1 aliphatic heterocycles. The molecule has 20 heavy (non-hydrogen) atoms. The number of aryl methyl sites for hydroxylation is 1. The molecule has 0 spiro atoms. The molecular weight excluding hydrogens is 244 g/mol. The summed E-state index contributed by atoms with van der Waals surface area (Å²) in [6, 6.07) is 9.20. The van der Waals surface area contributed by atoms with Gasteiger partial charge in [-0.3, -0.25) is 4.90 Å². The number of benzene rings is 1. The lowest BCUT2D eigenvalue weighted by molar-refractivity contribution is 0.0846. The highest BCUT2D eigenvalue weighted by Crippen LogP contribution is 2.36. The minimum atomic E-state index is 0.385. The van der Waals surface area contributed by atoms with E-state index in [1.165, 1.54) is 37.1 Å². The van der Waals surface area contributed by atoms with E-state index in [2.05, 4.69) is 56.9 Å². The fourth-order valence-corrected chi connectivity index (χ4v) is 3.45. The first-order valence-corrected chi connectivity index (χ1v) is 7.92. The molecule has 1 aromatic carbocycles. The Bertz CT molecular complexity index is 425. The number of hydrogen-bond acceptors (Lipinski definition) is 2. The minimum absolute atomic E-state index is 0.385. The highest BCUT2D eigenvalue weighted by Gasteiger charge is 2.31. The Labute approximate surface area is 124 Å². The van der Waals surface area contributed by atoms with Gasteiger partial charge in [0.2, 0.25) is 0 Å². The van der Waals surface area contributed by atoms with Gasteiger partial charge in [-0.1, -0.05) is 50.6 Å². The second kappa shape index (κ2) is 6.28. The molecule has 0 aliphatic carbocycles. The van der Waals surface area contributed by atoms with E-state index in [1.54, 1.807) is 0 Å². The summed E-state index contributed by atoms with van der Waals surface area (Å²) in [6.45, 7) is 12.3. The number of hydrogen-bond donors (Lipinski definition) is 1. The van der Waals surface area contributed by atoms with Gasteiger partial charge in [-0.25, -0.2) is 0 Å². The monoisotopic (exact) mass is 274 g/mol. The normalized spacial score (nSPS) is 20.1. The van der Waals surface area contributed by atoms with Crippen LogP contribution in [0.15, 0.2) is 24.3 Å². The first-order valence-electron chi connectivity index (χ1n) is 7.92. The van der Waals surface area contributed by atoms with Gasteiger partial charge in [0.25, 0.3) is 0 Å². The van der Waals surface area contributed by atoms with Crippen molar-refractivity contribution in [1.29, 1.82) is 0 Å². The van der Waals surface area contributed by atoms with E-state index in [-0.39, 0.29) is 0 Å². The van der Waals surface area contributed by atoms with Gasteiger partial charge < -0.3 is 5.73 Å². The summed E-state index contributed by atoms with van der Waals surface area (Å²) >= 11 is 0. The topological polar surface area (TPSA) is 29.3 Å². The van der Waals surface area contributed by atoms with Crippen LogP contribution < -0.4 is 5.73 Å². The lowest BCUT2D eigenvalue weighted by Crippen LogP contribution is -2.42. The van der Waals surface area contributed by atoms with Gasteiger partial charge in [0.05, 0.1) is 0 Å². The van der Waals surface area contributed by atoms with E-state index >= 15 is 0 Å². The number of rotatable bonds is 3. The van der Waals surface area contributed by atoms with E-state index in [1.807, 2.05) is 0 Å². The van der Waals surface area contributed by atoms with Crippen molar-refractivity contribution < 1.29 is 0 Å². The van der Waals surface area contributed by atoms with Crippen LogP contribution in [0.25, 0.3) is 0 Å². The maximum absolute atomic E-state index is 6.06. The molecule has 0 radical (unpaired) electrons. The van der Waals surface area contributed by atoms with E-state index in [0.29, 0.717) is 18.0 Å². The quantitative estimate of drug-likeness (QED) is 0.909. The summed E-state index contributed by atoms with van der Waals surface area (Å²) in [6.07, 6.45) is 2.59. The van der Waals surface area contributed by atoms with Gasteiger partial charge in [0.15, 0.2) is 0 Å². The lowest BCUT2D eigenvalue weighted by atomic mass is 9.75. The van der Waals surface area contributed by atoms with Gasteiger partial charge in [0, 0.05) is 12.6 Å². The van der Waals surface area contributed by atoms with Gasteiger partial charge in [-0.15, -0.1) is 0 Å². The third-order valence-corrected chi connectivity index (χ3v) is 4.85. The molecule has 1 unspecified atom stereocenters. The van der Waals surface area contributed by atoms with E-state index < -0.39 is 0 Å². The Hall–Kier alpha value is -0.860. The molecule has 2 heteroatoms. The van der Waals surface area contributed by atoms with Crippen LogP contribution in [-0.2, 0) is 0 Å². The van der Waals surface area contributed by atoms with Crippen molar-refractivity contribution in [3.8, 4) is 0 Å². The third kappa shape index (κ3) is 3.62. The van der Waals surface area contributed by atoms with Crippen molar-refractivity contribution in [3.63, 3.8) is 0 Å². The molecule has 0 aromatic heterocycles. The molecule has 1 saturated heterocycles. The summed E-state index contributed by atoms with van der Waals surface area (Å²) in [5.74, 6) is 0.842. The van der Waals surface area contributed by atoms with Gasteiger partial charge in [-0.2, -0.15) is 0 Å². The molecule has 1 aliphatic rings. The third-order valence-electron chi connectivity index (χ3n) is 4.85. The largest absolute Gasteiger partial charge is 0.329 e. The number of nitrogens with zero attached hydrogens (tertiary/aromatic N) is 1. The molecule has 0 bridgehead atoms. The van der Waals surface area contributed by atoms with Gasteiger partial charge in [-0.05, 0) is 49.8 Å². The van der Waals surface area contributed by atoms with Crippen LogP contribution in [0, 0.1) is 18.3 Å². The number of nitrogens with two attached hydrogens (primary N) is 1. The summed E-state index contributed by atoms with van der Waals surface area (Å²) in [5.41, 5.74) is 9.20. The summed E-state index contributed by atoms with van der Waals surface area (Å²) in [5, 5.41) is 0. The highest BCUT2D eigenvalue weighted by atomic mass is 15.2. The van der Waals surface area contributed by atoms with E-state index in [0.717, 1.165) is 5.92 Å². The Morgan fingerprint density at radius 3 is 2.40 bits per heavy atom. The zero-order chi connectivity index (χ0) is 14.8. The van der Waals surface area contributed by atoms with Crippen molar-refractivity contribution in [2.24, 2.45) is 17.1 Å². The van der Waals surface area contributed by atoms with Crippen LogP contribution >= 0.6 is 0 Å². The summed E-state index contributed by atoms with van der Waals surface area (Å²) < 4.78 is 0. The van der Waals surface area contributed by atoms with Crippen molar-refractivity contribution in [2.45, 2.75) is 46.6 Å². The molecule has 0 amide bonds. The maximum atomic E-state index is 6.06. The zero-order valence-corrected chi connectivity index (χ0v) is 13.5. The van der Waals surface area contributed by atoms with Crippen LogP contribution in [0.2, 0.25) is 0 Å². The van der Waals surface area contributed by atoms with Gasteiger partial charge in [0.1, 0.15) is 0 Å². The number of piperidine rings is 1. The minimum Gasteiger partial charge on any atom is -0.329 e. The van der Waals surface area contributed by atoms with Gasteiger partial charge >= 0.3 is 0 Å². The van der Waals surface area contributed by atoms with Crippen LogP contribution in [0.4, 0.5) is 0 Å². The first-order chi connectivity index (χ1) is 9.41. The van der Waals surface area contributed by atoms with Crippen LogP contribution in [0.5, 0.6) is 0 Å². The molecule has 2 nitrogen and oxygen atoms in total. The molecule has 2 rings (SSSR count). The Morgan fingerprint density at radius 2 is 1.90 bits per heavy atom. The average molecular weight is 274 g/mol. The van der Waals surface area contributed by atoms with Crippen molar-refractivity contribution in [3.05, 3.63) is 35.4 Å². The smallest absolute Gasteiger partial charge is 0.0470 e. The van der Waals surface area contributed by atoms with Crippen molar-refractivity contribution in [2.75, 3.05) is 19.6 Å². The summed E-state index contributed by atoms with van der Waals surface area (Å²) in [7, 11) is 0. The van der Waals surface area contributed by atoms with Crippen LogP contribution in [0.3, 0.4) is 0 Å². The second-order valence-corrected chi connectivity index (χ2v) is 7.34. The molecule has 0 saturated carbocycles. The summed E-state index contributed by atoms with van der Waals surface area (Å²) in [4.78, 5) is 2.58. The molecule has 1 aromatic rings. The Balaban J connectivity index is 2.04. The van der Waals surface area contributed by atoms with Crippen molar-refractivity contribution in [1.82, 2.24) is 4.90 Å². The standard InChI is InChI=1S/C18H30N2/c1-14-6-5-7-15(12-14)17(13-19)20-10-8-16(9-11-20)18(2,3)4/h5-7,12,16-17H,8-11,13,19H2,1-4H3. The van der Waals surface area contributed by atoms with E-state index in [9.17, 15) is 0 Å². The molecule has 1 fully saturated rings. The Morgan fingerprint density at radius 1 is 1.25 bits per heavy atom. The predicted octanol–water partition coefficient (Wildman–Crippen LogP) is 3.75. The molecular formula is C18H30N2. The molecule has 1 atom stereocenters. The lowest BCUT2D eigenvalue weighted by Gasteiger charge is -2.41. The average Bonchev–Trinajstić information content (AvgIpc) is 2.39. The maximum Gasteiger partial charge on any atom is 0.0470 e. The SMILES string of the molecule is Cc1cccc(C(CN)N2CCC(C(C)(C)C)CC2)c1. The van der Waals surface area contributed by atoms with Crippen LogP contribution in [0.1, 0.15) is 50.8 Å². The number of likely N-dealkylation sites (tertiary alicyclic amines) is 1. The fourth-order valence-electron chi connectivity index (χ4n) is 3.45. The predicted molar refractivity (Wildman–Crippen MR) is 86.7 cm³/mol. The second-order valence-electron chi connectivity index (χ2n) is 7.34. The highest BCUT2D eigenvalue weighted by molar-refractivity contribution is 5.25. The van der Waals surface area contributed by atoms with E-state index in [4.69, 9.17) is 5.73 Å².